The summed E-state index contributed by atoms with van der Waals surface area (Å²) < 4.78 is 0. The van der Waals surface area contributed by atoms with E-state index in [0.29, 0.717) is 0 Å². The van der Waals surface area contributed by atoms with E-state index in [2.05, 4.69) is 5.32 Å². The molecule has 1 aromatic rings. The summed E-state index contributed by atoms with van der Waals surface area (Å²) >= 11 is 0. The van der Waals surface area contributed by atoms with E-state index >= 15 is 0 Å². The van der Waals surface area contributed by atoms with Crippen LogP contribution in [0.1, 0.15) is 30.1 Å². The average molecular weight is 294 g/mol. The molecule has 0 aromatic heterocycles. The van der Waals surface area contributed by atoms with Crippen LogP contribution in [0.4, 0.5) is 5.69 Å². The van der Waals surface area contributed by atoms with Crippen molar-refractivity contribution in [3.05, 3.63) is 39.9 Å². The third kappa shape index (κ3) is 5.01. The molecule has 0 fully saturated rings. The Hall–Kier alpha value is -2.77. The number of rotatable bonds is 7. The van der Waals surface area contributed by atoms with E-state index in [0.717, 1.165) is 6.07 Å². The van der Waals surface area contributed by atoms with Crippen molar-refractivity contribution in [1.82, 2.24) is 5.32 Å². The second kappa shape index (κ2) is 7.13. The van der Waals surface area contributed by atoms with Crippen LogP contribution < -0.4 is 5.32 Å². The maximum absolute atomic E-state index is 11.9. The minimum absolute atomic E-state index is 0.0155. The lowest BCUT2D eigenvalue weighted by Crippen LogP contribution is -2.41. The highest BCUT2D eigenvalue weighted by Crippen LogP contribution is 2.13. The van der Waals surface area contributed by atoms with Gasteiger partial charge in [-0.25, -0.2) is 4.79 Å². The van der Waals surface area contributed by atoms with Crippen molar-refractivity contribution in [2.45, 2.75) is 25.8 Å². The fourth-order valence-electron chi connectivity index (χ4n) is 1.61. The van der Waals surface area contributed by atoms with Gasteiger partial charge in [0.15, 0.2) is 0 Å². The summed E-state index contributed by atoms with van der Waals surface area (Å²) in [7, 11) is 0. The normalized spacial score (nSPS) is 11.5. The molecule has 8 nitrogen and oxygen atoms in total. The van der Waals surface area contributed by atoms with Crippen LogP contribution in [0, 0.1) is 10.1 Å². The number of carbonyl (C=O) groups excluding carboxylic acids is 2. The zero-order valence-corrected chi connectivity index (χ0v) is 11.2. The maximum atomic E-state index is 11.9. The second-order valence-electron chi connectivity index (χ2n) is 4.41. The van der Waals surface area contributed by atoms with Crippen LogP contribution in [0.3, 0.4) is 0 Å². The van der Waals surface area contributed by atoms with Crippen LogP contribution in [0.2, 0.25) is 0 Å². The third-order valence-corrected chi connectivity index (χ3v) is 2.71. The van der Waals surface area contributed by atoms with Gasteiger partial charge in [-0.3, -0.25) is 14.9 Å². The summed E-state index contributed by atoms with van der Waals surface area (Å²) in [6.07, 6.45) is -0.0164. The molecule has 8 heteroatoms. The Labute approximate surface area is 119 Å². The Morgan fingerprint density at radius 2 is 2.05 bits per heavy atom. The van der Waals surface area contributed by atoms with Gasteiger partial charge in [0.25, 0.3) is 11.6 Å². The monoisotopic (exact) mass is 294 g/mol. The molecule has 112 valence electrons. The molecule has 1 atom stereocenters. The Morgan fingerprint density at radius 1 is 1.38 bits per heavy atom. The number of ketones is 1. The summed E-state index contributed by atoms with van der Waals surface area (Å²) in [5, 5.41) is 21.9. The number of carbonyl (C=O) groups is 3. The number of amides is 1. The van der Waals surface area contributed by atoms with E-state index in [1.807, 2.05) is 0 Å². The minimum atomic E-state index is -1.27. The topological polar surface area (TPSA) is 127 Å². The lowest BCUT2D eigenvalue weighted by atomic mass is 10.1. The van der Waals surface area contributed by atoms with E-state index in [1.165, 1.54) is 25.1 Å². The van der Waals surface area contributed by atoms with Crippen LogP contribution in [0.25, 0.3) is 0 Å². The van der Waals surface area contributed by atoms with Crippen molar-refractivity contribution in [2.75, 3.05) is 0 Å². The Bertz CT molecular complexity index is 584. The van der Waals surface area contributed by atoms with Crippen LogP contribution >= 0.6 is 0 Å². The van der Waals surface area contributed by atoms with E-state index in [1.54, 1.807) is 0 Å². The highest BCUT2D eigenvalue weighted by Gasteiger charge is 2.21. The number of non-ortho nitro benzene ring substituents is 1. The molecule has 0 saturated carbocycles. The summed E-state index contributed by atoms with van der Waals surface area (Å²) in [5.74, 6) is -2.20. The summed E-state index contributed by atoms with van der Waals surface area (Å²) in [4.78, 5) is 43.8. The smallest absolute Gasteiger partial charge is 0.326 e. The van der Waals surface area contributed by atoms with Crippen molar-refractivity contribution >= 4 is 23.3 Å². The number of hydrogen-bond acceptors (Lipinski definition) is 5. The predicted molar refractivity (Wildman–Crippen MR) is 71.9 cm³/mol. The van der Waals surface area contributed by atoms with Crippen molar-refractivity contribution < 1.29 is 24.4 Å². The number of hydrogen-bond donors (Lipinski definition) is 2. The standard InChI is InChI=1S/C13H14N2O6/c1-8(16)5-6-11(13(18)19)14-12(17)9-3-2-4-10(7-9)15(20)21/h2-4,7,11H,5-6H2,1H3,(H,14,17)(H,18,19)/t11-/m0/s1. The first kappa shape index (κ1) is 16.3. The van der Waals surface area contributed by atoms with Crippen molar-refractivity contribution in [3.63, 3.8) is 0 Å². The van der Waals surface area contributed by atoms with Gasteiger partial charge < -0.3 is 15.2 Å². The number of nitro benzene ring substituents is 1. The number of benzene rings is 1. The number of nitrogens with one attached hydrogen (secondary N) is 1. The van der Waals surface area contributed by atoms with E-state index < -0.39 is 22.8 Å². The first-order chi connectivity index (χ1) is 9.81. The number of aliphatic carboxylic acids is 1. The Kier molecular flexibility index (Phi) is 5.53. The Morgan fingerprint density at radius 3 is 2.57 bits per heavy atom. The van der Waals surface area contributed by atoms with Crippen molar-refractivity contribution in [2.24, 2.45) is 0 Å². The van der Waals surface area contributed by atoms with Crippen molar-refractivity contribution in [1.29, 1.82) is 0 Å². The van der Waals surface area contributed by atoms with Gasteiger partial charge in [-0.1, -0.05) is 6.07 Å². The van der Waals surface area contributed by atoms with Crippen LogP contribution in [0.5, 0.6) is 0 Å². The molecular formula is C13H14N2O6. The first-order valence-electron chi connectivity index (χ1n) is 6.09. The van der Waals surface area contributed by atoms with Gasteiger partial charge >= 0.3 is 5.97 Å². The maximum Gasteiger partial charge on any atom is 0.326 e. The molecule has 0 unspecified atom stereocenters. The molecule has 0 aliphatic heterocycles. The van der Waals surface area contributed by atoms with Gasteiger partial charge in [0.2, 0.25) is 0 Å². The first-order valence-corrected chi connectivity index (χ1v) is 6.09. The quantitative estimate of drug-likeness (QED) is 0.573. The van der Waals surface area contributed by atoms with Gasteiger partial charge in [0.05, 0.1) is 4.92 Å². The number of nitrogens with zero attached hydrogens (tertiary/aromatic N) is 1. The molecule has 0 bridgehead atoms. The zero-order valence-electron chi connectivity index (χ0n) is 11.2. The molecule has 1 amide bonds. The number of Topliss-reactive ketones (excluding diaryl/α,β-unsaturated/α-hetero) is 1. The average Bonchev–Trinajstić information content (AvgIpc) is 2.42. The lowest BCUT2D eigenvalue weighted by molar-refractivity contribution is -0.384. The highest BCUT2D eigenvalue weighted by molar-refractivity contribution is 5.97. The van der Waals surface area contributed by atoms with Gasteiger partial charge in [-0.15, -0.1) is 0 Å². The molecule has 0 saturated heterocycles. The van der Waals surface area contributed by atoms with Crippen LogP contribution in [-0.2, 0) is 9.59 Å². The molecule has 0 aliphatic rings. The fraction of sp³-hybridized carbons (Fsp3) is 0.308. The zero-order chi connectivity index (χ0) is 16.0. The fourth-order valence-corrected chi connectivity index (χ4v) is 1.61. The summed E-state index contributed by atoms with van der Waals surface area (Å²) in [6, 6.07) is 3.73. The number of nitro groups is 1. The molecule has 2 N–H and O–H groups in total. The van der Waals surface area contributed by atoms with E-state index in [4.69, 9.17) is 5.11 Å². The predicted octanol–water partition coefficient (Wildman–Crippen LogP) is 1.15. The molecular weight excluding hydrogens is 280 g/mol. The van der Waals surface area contributed by atoms with Crippen LogP contribution in [-0.4, -0.2) is 33.7 Å². The SMILES string of the molecule is CC(=O)CC[C@H](NC(=O)c1cccc([N+](=O)[O-])c1)C(=O)O. The molecule has 0 spiro atoms. The van der Waals surface area contributed by atoms with Gasteiger partial charge in [-0.05, 0) is 19.4 Å². The second-order valence-corrected chi connectivity index (χ2v) is 4.41. The lowest BCUT2D eigenvalue weighted by Gasteiger charge is -2.13. The largest absolute Gasteiger partial charge is 0.480 e. The number of carboxylic acids is 1. The molecule has 0 heterocycles. The van der Waals surface area contributed by atoms with Crippen molar-refractivity contribution in [3.8, 4) is 0 Å². The molecule has 0 radical (unpaired) electrons. The Balaban J connectivity index is 2.82. The summed E-state index contributed by atoms with van der Waals surface area (Å²) in [6.45, 7) is 1.32. The number of carboxylic acid groups (broad SMARTS) is 1. The van der Waals surface area contributed by atoms with E-state index in [9.17, 15) is 24.5 Å². The third-order valence-electron chi connectivity index (χ3n) is 2.71. The molecule has 21 heavy (non-hydrogen) atoms. The van der Waals surface area contributed by atoms with E-state index in [-0.39, 0.29) is 29.9 Å². The molecule has 1 aromatic carbocycles. The highest BCUT2D eigenvalue weighted by atomic mass is 16.6. The van der Waals surface area contributed by atoms with Crippen LogP contribution in [0.15, 0.2) is 24.3 Å². The molecule has 0 aliphatic carbocycles. The van der Waals surface area contributed by atoms with Gasteiger partial charge in [0, 0.05) is 24.1 Å². The molecule has 1 rings (SSSR count). The minimum Gasteiger partial charge on any atom is -0.480 e. The van der Waals surface area contributed by atoms with Gasteiger partial charge in [-0.2, -0.15) is 0 Å². The van der Waals surface area contributed by atoms with Gasteiger partial charge in [0.1, 0.15) is 11.8 Å². The summed E-state index contributed by atoms with van der Waals surface area (Å²) in [5.41, 5.74) is -0.281.